The van der Waals surface area contributed by atoms with Crippen molar-refractivity contribution in [3.05, 3.63) is 143 Å². The van der Waals surface area contributed by atoms with E-state index in [0.29, 0.717) is 32.8 Å². The standard InChI is InChI=1S/C35H34F2N2O3/c36-31-13-9-29(10-14-31)35(30-11-15-32(37)16-12-30)41-25-24-38-20-22-39(23-21-38)34(40)19-8-27-6-17-33(18-7-27)42-26-28-4-2-1-3-5-28/h1-19,35H,20-26H2/b19-8+. The molecule has 0 bridgehead atoms. The summed E-state index contributed by atoms with van der Waals surface area (Å²) in [5.74, 6) is 0.133. The summed E-state index contributed by atoms with van der Waals surface area (Å²) in [6.07, 6.45) is 3.02. The molecule has 0 N–H and O–H groups in total. The number of piperazine rings is 1. The minimum atomic E-state index is -0.427. The molecule has 1 aliphatic rings. The van der Waals surface area contributed by atoms with Crippen molar-refractivity contribution in [2.75, 3.05) is 39.3 Å². The Morgan fingerprint density at radius 1 is 0.762 bits per heavy atom. The average Bonchev–Trinajstić information content (AvgIpc) is 3.03. The second-order valence-electron chi connectivity index (χ2n) is 10.2. The highest BCUT2D eigenvalue weighted by atomic mass is 19.1. The highest BCUT2D eigenvalue weighted by Gasteiger charge is 2.21. The number of rotatable bonds is 11. The van der Waals surface area contributed by atoms with Crippen molar-refractivity contribution < 1.29 is 23.0 Å². The molecule has 1 fully saturated rings. The zero-order valence-corrected chi connectivity index (χ0v) is 23.4. The van der Waals surface area contributed by atoms with Crippen molar-refractivity contribution in [1.82, 2.24) is 9.80 Å². The minimum Gasteiger partial charge on any atom is -0.489 e. The summed E-state index contributed by atoms with van der Waals surface area (Å²) in [5, 5.41) is 0. The van der Waals surface area contributed by atoms with Crippen molar-refractivity contribution in [3.8, 4) is 5.75 Å². The van der Waals surface area contributed by atoms with E-state index in [2.05, 4.69) is 4.90 Å². The fraction of sp³-hybridized carbons (Fsp3) is 0.229. The van der Waals surface area contributed by atoms with Crippen molar-refractivity contribution in [1.29, 1.82) is 0 Å². The summed E-state index contributed by atoms with van der Waals surface area (Å²) in [7, 11) is 0. The number of ether oxygens (including phenoxy) is 2. The third-order valence-electron chi connectivity index (χ3n) is 7.27. The number of halogens is 2. The van der Waals surface area contributed by atoms with Gasteiger partial charge in [-0.25, -0.2) is 8.78 Å². The maximum atomic E-state index is 13.5. The van der Waals surface area contributed by atoms with Crippen molar-refractivity contribution in [2.24, 2.45) is 0 Å². The van der Waals surface area contributed by atoms with Crippen LogP contribution in [0.3, 0.4) is 0 Å². The van der Waals surface area contributed by atoms with E-state index in [1.54, 1.807) is 30.3 Å². The molecule has 1 heterocycles. The van der Waals surface area contributed by atoms with Crippen molar-refractivity contribution >= 4 is 12.0 Å². The van der Waals surface area contributed by atoms with Gasteiger partial charge in [-0.05, 0) is 64.7 Å². The molecule has 0 aromatic heterocycles. The molecule has 4 aromatic carbocycles. The van der Waals surface area contributed by atoms with Gasteiger partial charge in [0.2, 0.25) is 5.91 Å². The summed E-state index contributed by atoms with van der Waals surface area (Å²) in [6.45, 7) is 4.40. The molecule has 1 saturated heterocycles. The van der Waals surface area contributed by atoms with E-state index in [4.69, 9.17) is 9.47 Å². The van der Waals surface area contributed by atoms with Crippen LogP contribution in [0, 0.1) is 11.6 Å². The summed E-state index contributed by atoms with van der Waals surface area (Å²) in [4.78, 5) is 16.9. The molecular weight excluding hydrogens is 534 g/mol. The van der Waals surface area contributed by atoms with E-state index in [1.807, 2.05) is 65.6 Å². The molecule has 5 rings (SSSR count). The lowest BCUT2D eigenvalue weighted by molar-refractivity contribution is -0.127. The van der Waals surface area contributed by atoms with Crippen LogP contribution >= 0.6 is 0 Å². The van der Waals surface area contributed by atoms with Crippen LogP contribution in [0.25, 0.3) is 6.08 Å². The quantitative estimate of drug-likeness (QED) is 0.194. The molecule has 1 aliphatic heterocycles. The lowest BCUT2D eigenvalue weighted by Gasteiger charge is -2.34. The first kappa shape index (κ1) is 29.2. The van der Waals surface area contributed by atoms with Gasteiger partial charge in [0.25, 0.3) is 0 Å². The highest BCUT2D eigenvalue weighted by molar-refractivity contribution is 5.91. The Bertz CT molecular complexity index is 1390. The van der Waals surface area contributed by atoms with Crippen molar-refractivity contribution in [2.45, 2.75) is 12.7 Å². The van der Waals surface area contributed by atoms with Gasteiger partial charge in [0, 0.05) is 38.8 Å². The van der Waals surface area contributed by atoms with Gasteiger partial charge in [0.15, 0.2) is 0 Å². The Balaban J connectivity index is 1.06. The zero-order valence-electron chi connectivity index (χ0n) is 23.4. The Labute approximate surface area is 245 Å². The number of carbonyl (C=O) groups is 1. The lowest BCUT2D eigenvalue weighted by atomic mass is 10.0. The number of nitrogens with zero attached hydrogens (tertiary/aromatic N) is 2. The van der Waals surface area contributed by atoms with Crippen LogP contribution in [-0.2, 0) is 16.1 Å². The second-order valence-corrected chi connectivity index (χ2v) is 10.2. The fourth-order valence-electron chi connectivity index (χ4n) is 4.84. The van der Waals surface area contributed by atoms with Crippen LogP contribution in [0.4, 0.5) is 8.78 Å². The number of hydrogen-bond acceptors (Lipinski definition) is 4. The molecule has 4 aromatic rings. The highest BCUT2D eigenvalue weighted by Crippen LogP contribution is 2.26. The third kappa shape index (κ3) is 8.35. The Morgan fingerprint density at radius 3 is 1.95 bits per heavy atom. The maximum absolute atomic E-state index is 13.5. The van der Waals surface area contributed by atoms with Gasteiger partial charge >= 0.3 is 0 Å². The minimum absolute atomic E-state index is 0.0111. The van der Waals surface area contributed by atoms with Crippen LogP contribution < -0.4 is 4.74 Å². The number of carbonyl (C=O) groups excluding carboxylic acids is 1. The van der Waals surface area contributed by atoms with Crippen LogP contribution in [0.15, 0.2) is 109 Å². The Hall–Kier alpha value is -4.33. The van der Waals surface area contributed by atoms with E-state index in [-0.39, 0.29) is 17.5 Å². The molecule has 0 unspecified atom stereocenters. The first-order chi connectivity index (χ1) is 20.5. The molecule has 216 valence electrons. The third-order valence-corrected chi connectivity index (χ3v) is 7.27. The molecule has 42 heavy (non-hydrogen) atoms. The molecule has 0 spiro atoms. The SMILES string of the molecule is O=C(/C=C/c1ccc(OCc2ccccc2)cc1)N1CCN(CCOC(c2ccc(F)cc2)c2ccc(F)cc2)CC1. The first-order valence-corrected chi connectivity index (χ1v) is 14.1. The summed E-state index contributed by atoms with van der Waals surface area (Å²) < 4.78 is 39.0. The molecule has 5 nitrogen and oxygen atoms in total. The van der Waals surface area contributed by atoms with E-state index in [9.17, 15) is 13.6 Å². The Kier molecular flexibility index (Phi) is 10.1. The molecule has 7 heteroatoms. The summed E-state index contributed by atoms with van der Waals surface area (Å²) >= 11 is 0. The van der Waals surface area contributed by atoms with E-state index >= 15 is 0 Å². The van der Waals surface area contributed by atoms with Crippen LogP contribution in [0.5, 0.6) is 5.75 Å². The van der Waals surface area contributed by atoms with E-state index < -0.39 is 6.10 Å². The largest absolute Gasteiger partial charge is 0.489 e. The van der Waals surface area contributed by atoms with Gasteiger partial charge in [-0.3, -0.25) is 9.69 Å². The van der Waals surface area contributed by atoms with E-state index in [1.165, 1.54) is 24.3 Å². The monoisotopic (exact) mass is 568 g/mol. The van der Waals surface area contributed by atoms with Crippen LogP contribution in [-0.4, -0.2) is 55.0 Å². The molecule has 0 saturated carbocycles. The summed E-state index contributed by atoms with van der Waals surface area (Å²) in [6, 6.07) is 30.1. The van der Waals surface area contributed by atoms with Gasteiger partial charge in [0.05, 0.1) is 6.61 Å². The van der Waals surface area contributed by atoms with Gasteiger partial charge in [0.1, 0.15) is 30.1 Å². The molecule has 1 amide bonds. The lowest BCUT2D eigenvalue weighted by Crippen LogP contribution is -2.49. The van der Waals surface area contributed by atoms with Gasteiger partial charge < -0.3 is 14.4 Å². The molecule has 0 atom stereocenters. The fourth-order valence-corrected chi connectivity index (χ4v) is 4.84. The molecular formula is C35H34F2N2O3. The second kappa shape index (κ2) is 14.5. The van der Waals surface area contributed by atoms with Crippen LogP contribution in [0.1, 0.15) is 28.4 Å². The molecule has 0 aliphatic carbocycles. The van der Waals surface area contributed by atoms with Gasteiger partial charge in [-0.15, -0.1) is 0 Å². The smallest absolute Gasteiger partial charge is 0.246 e. The average molecular weight is 569 g/mol. The molecule has 0 radical (unpaired) electrons. The van der Waals surface area contributed by atoms with Gasteiger partial charge in [-0.1, -0.05) is 66.7 Å². The number of hydrogen-bond donors (Lipinski definition) is 0. The summed E-state index contributed by atoms with van der Waals surface area (Å²) in [5.41, 5.74) is 3.65. The number of amides is 1. The van der Waals surface area contributed by atoms with Gasteiger partial charge in [-0.2, -0.15) is 0 Å². The Morgan fingerprint density at radius 2 is 1.36 bits per heavy atom. The van der Waals surface area contributed by atoms with E-state index in [0.717, 1.165) is 41.1 Å². The zero-order chi connectivity index (χ0) is 29.1. The number of benzene rings is 4. The van der Waals surface area contributed by atoms with Crippen LogP contribution in [0.2, 0.25) is 0 Å². The first-order valence-electron chi connectivity index (χ1n) is 14.1. The maximum Gasteiger partial charge on any atom is 0.246 e. The predicted molar refractivity (Wildman–Crippen MR) is 160 cm³/mol. The topological polar surface area (TPSA) is 42.0 Å². The van der Waals surface area contributed by atoms with Crippen molar-refractivity contribution in [3.63, 3.8) is 0 Å². The predicted octanol–water partition coefficient (Wildman–Crippen LogP) is 6.51. The normalized spacial score (nSPS) is 14.0.